The molecule has 196 valence electrons. The topological polar surface area (TPSA) is 0 Å². The Morgan fingerprint density at radius 2 is 1.02 bits per heavy atom. The standard InChI is InChI=1S/C40H33B/c41-39-31-12-5-3-10-29(31)36(30-11-4-6-13-32(30)39)33-14-7-15-34-38(33)37-28-9-2-1-8-25(28)16-17-35(37)40(34)26-19-23-18-24(21-26)22-27(40)20-23/h1-17,23-24,26-27H,18-22,41H2. The summed E-state index contributed by atoms with van der Waals surface area (Å²) < 4.78 is 0. The van der Waals surface area contributed by atoms with Gasteiger partial charge in [0.05, 0.1) is 0 Å². The number of fused-ring (bicyclic) bond motifs is 7. The summed E-state index contributed by atoms with van der Waals surface area (Å²) in [7, 11) is 2.30. The van der Waals surface area contributed by atoms with Crippen molar-refractivity contribution in [3.63, 3.8) is 0 Å². The number of hydrogen-bond acceptors (Lipinski definition) is 0. The minimum absolute atomic E-state index is 0.161. The summed E-state index contributed by atoms with van der Waals surface area (Å²) in [6.45, 7) is 0. The molecule has 1 heteroatoms. The average Bonchev–Trinajstić information content (AvgIpc) is 3.32. The molecular weight excluding hydrogens is 491 g/mol. The van der Waals surface area contributed by atoms with Gasteiger partial charge >= 0.3 is 0 Å². The molecule has 5 aliphatic rings. The van der Waals surface area contributed by atoms with Crippen molar-refractivity contribution in [2.24, 2.45) is 23.7 Å². The monoisotopic (exact) mass is 524 g/mol. The van der Waals surface area contributed by atoms with Gasteiger partial charge in [0.25, 0.3) is 0 Å². The zero-order valence-electron chi connectivity index (χ0n) is 23.7. The molecule has 5 aliphatic carbocycles. The van der Waals surface area contributed by atoms with E-state index < -0.39 is 0 Å². The Labute approximate surface area is 242 Å². The molecule has 0 aliphatic heterocycles. The fraction of sp³-hybridized carbons (Fsp3) is 0.250. The van der Waals surface area contributed by atoms with Crippen LogP contribution in [0.3, 0.4) is 0 Å². The van der Waals surface area contributed by atoms with E-state index in [2.05, 4.69) is 111 Å². The Balaban J connectivity index is 1.39. The van der Waals surface area contributed by atoms with Crippen LogP contribution in [0.25, 0.3) is 54.6 Å². The number of benzene rings is 6. The molecule has 6 aromatic carbocycles. The molecule has 6 aromatic rings. The van der Waals surface area contributed by atoms with Crippen molar-refractivity contribution in [1.82, 2.24) is 0 Å². The first-order valence-electron chi connectivity index (χ1n) is 15.8. The molecule has 0 saturated heterocycles. The lowest BCUT2D eigenvalue weighted by atomic mass is 9.43. The van der Waals surface area contributed by atoms with Crippen molar-refractivity contribution in [3.8, 4) is 22.3 Å². The predicted octanol–water partition coefficient (Wildman–Crippen LogP) is 8.79. The van der Waals surface area contributed by atoms with Crippen LogP contribution in [0.4, 0.5) is 0 Å². The van der Waals surface area contributed by atoms with Crippen molar-refractivity contribution < 1.29 is 0 Å². The van der Waals surface area contributed by atoms with Gasteiger partial charge in [0.2, 0.25) is 0 Å². The minimum atomic E-state index is 0.161. The van der Waals surface area contributed by atoms with E-state index in [-0.39, 0.29) is 5.41 Å². The quantitative estimate of drug-likeness (QED) is 0.149. The molecule has 11 rings (SSSR count). The van der Waals surface area contributed by atoms with E-state index >= 15 is 0 Å². The molecule has 0 aromatic heterocycles. The van der Waals surface area contributed by atoms with Gasteiger partial charge in [-0.15, -0.1) is 0 Å². The minimum Gasteiger partial charge on any atom is -0.0735 e. The molecule has 0 heterocycles. The molecule has 4 bridgehead atoms. The van der Waals surface area contributed by atoms with Crippen molar-refractivity contribution in [3.05, 3.63) is 114 Å². The number of hydrogen-bond donors (Lipinski definition) is 0. The maximum atomic E-state index is 2.56. The summed E-state index contributed by atoms with van der Waals surface area (Å²) in [6.07, 6.45) is 7.15. The van der Waals surface area contributed by atoms with Crippen LogP contribution in [-0.2, 0) is 5.41 Å². The van der Waals surface area contributed by atoms with Gasteiger partial charge in [-0.05, 0) is 121 Å². The van der Waals surface area contributed by atoms with Crippen LogP contribution in [0.1, 0.15) is 43.2 Å². The van der Waals surface area contributed by atoms with Crippen molar-refractivity contribution in [2.45, 2.75) is 37.5 Å². The first kappa shape index (κ1) is 22.8. The molecule has 4 saturated carbocycles. The van der Waals surface area contributed by atoms with Gasteiger partial charge in [-0.1, -0.05) is 109 Å². The zero-order chi connectivity index (χ0) is 26.9. The van der Waals surface area contributed by atoms with Crippen LogP contribution in [0.2, 0.25) is 0 Å². The van der Waals surface area contributed by atoms with Gasteiger partial charge in [0.1, 0.15) is 7.85 Å². The summed E-state index contributed by atoms with van der Waals surface area (Å²) >= 11 is 0. The van der Waals surface area contributed by atoms with Gasteiger partial charge in [-0.25, -0.2) is 0 Å². The van der Waals surface area contributed by atoms with E-state index in [1.807, 2.05) is 0 Å². The van der Waals surface area contributed by atoms with E-state index in [0.29, 0.717) is 0 Å². The van der Waals surface area contributed by atoms with Crippen molar-refractivity contribution in [1.29, 1.82) is 0 Å². The summed E-state index contributed by atoms with van der Waals surface area (Å²) in [4.78, 5) is 0. The smallest absolute Gasteiger partial charge is 0.0735 e. The first-order valence-corrected chi connectivity index (χ1v) is 15.8. The fourth-order valence-corrected chi connectivity index (χ4v) is 10.8. The molecule has 4 fully saturated rings. The summed E-state index contributed by atoms with van der Waals surface area (Å²) in [5.74, 6) is 3.43. The largest absolute Gasteiger partial charge is 0.140 e. The Kier molecular flexibility index (Phi) is 4.40. The van der Waals surface area contributed by atoms with Gasteiger partial charge in [0.15, 0.2) is 0 Å². The Hall–Kier alpha value is -3.84. The molecule has 41 heavy (non-hydrogen) atoms. The highest BCUT2D eigenvalue weighted by Gasteiger charge is 2.62. The van der Waals surface area contributed by atoms with Crippen LogP contribution < -0.4 is 5.46 Å². The predicted molar refractivity (Wildman–Crippen MR) is 176 cm³/mol. The molecule has 0 amide bonds. The van der Waals surface area contributed by atoms with Crippen LogP contribution in [0.5, 0.6) is 0 Å². The van der Waals surface area contributed by atoms with Gasteiger partial charge in [0, 0.05) is 5.41 Å². The molecule has 0 radical (unpaired) electrons. The maximum absolute atomic E-state index is 2.56. The zero-order valence-corrected chi connectivity index (χ0v) is 23.7. The molecule has 0 unspecified atom stereocenters. The highest BCUT2D eigenvalue weighted by molar-refractivity contribution is 6.47. The van der Waals surface area contributed by atoms with Gasteiger partial charge < -0.3 is 0 Å². The highest BCUT2D eigenvalue weighted by atomic mass is 14.6. The Morgan fingerprint density at radius 1 is 0.463 bits per heavy atom. The average molecular weight is 525 g/mol. The first-order chi connectivity index (χ1) is 20.2. The van der Waals surface area contributed by atoms with Gasteiger partial charge in [-0.3, -0.25) is 0 Å². The van der Waals surface area contributed by atoms with E-state index in [4.69, 9.17) is 0 Å². The lowest BCUT2D eigenvalue weighted by molar-refractivity contribution is -0.0399. The molecule has 1 spiro atoms. The van der Waals surface area contributed by atoms with Crippen LogP contribution in [0.15, 0.2) is 103 Å². The molecular formula is C40H33B. The van der Waals surface area contributed by atoms with E-state index in [0.717, 1.165) is 23.7 Å². The van der Waals surface area contributed by atoms with Crippen LogP contribution in [0, 0.1) is 23.7 Å². The van der Waals surface area contributed by atoms with Crippen molar-refractivity contribution in [2.75, 3.05) is 0 Å². The van der Waals surface area contributed by atoms with E-state index in [9.17, 15) is 0 Å². The van der Waals surface area contributed by atoms with E-state index in [1.165, 1.54) is 92.1 Å². The summed E-state index contributed by atoms with van der Waals surface area (Å²) in [5.41, 5.74) is 10.7. The van der Waals surface area contributed by atoms with Crippen molar-refractivity contribution >= 4 is 45.6 Å². The summed E-state index contributed by atoms with van der Waals surface area (Å²) in [6, 6.07) is 39.8. The Morgan fingerprint density at radius 3 is 1.68 bits per heavy atom. The highest BCUT2D eigenvalue weighted by Crippen LogP contribution is 2.70. The molecule has 0 N–H and O–H groups in total. The lowest BCUT2D eigenvalue weighted by Crippen LogP contribution is -2.55. The normalized spacial score (nSPS) is 27.2. The second kappa shape index (κ2) is 7.92. The third-order valence-electron chi connectivity index (χ3n) is 12.0. The third kappa shape index (κ3) is 2.74. The second-order valence-electron chi connectivity index (χ2n) is 13.7. The lowest BCUT2D eigenvalue weighted by Gasteiger charge is -2.61. The van der Waals surface area contributed by atoms with Crippen LogP contribution >= 0.6 is 0 Å². The van der Waals surface area contributed by atoms with E-state index in [1.54, 1.807) is 11.1 Å². The molecule has 0 atom stereocenters. The second-order valence-corrected chi connectivity index (χ2v) is 13.7. The summed E-state index contributed by atoms with van der Waals surface area (Å²) in [5, 5.41) is 8.31. The van der Waals surface area contributed by atoms with Crippen LogP contribution in [-0.4, -0.2) is 7.85 Å². The Bertz CT molecular complexity index is 2000. The number of rotatable bonds is 1. The third-order valence-corrected chi connectivity index (χ3v) is 12.0. The SMILES string of the molecule is Bc1c2ccccc2c(-c2cccc3c2-c2c(ccc4ccccc24)C32C3CC4CC(C3)CC2C4)c2ccccc12. The van der Waals surface area contributed by atoms with Gasteiger partial charge in [-0.2, -0.15) is 0 Å². The molecule has 0 nitrogen and oxygen atoms in total. The maximum Gasteiger partial charge on any atom is 0.140 e. The fourth-order valence-electron chi connectivity index (χ4n) is 10.8.